The van der Waals surface area contributed by atoms with Crippen molar-refractivity contribution in [1.82, 2.24) is 10.2 Å². The third-order valence-corrected chi connectivity index (χ3v) is 2.80. The molecule has 0 aromatic rings. The van der Waals surface area contributed by atoms with Gasteiger partial charge in [-0.3, -0.25) is 4.79 Å². The zero-order valence-corrected chi connectivity index (χ0v) is 12.7. The molecule has 1 atom stereocenters. The van der Waals surface area contributed by atoms with Crippen molar-refractivity contribution in [3.8, 4) is 0 Å². The highest BCUT2D eigenvalue weighted by Crippen LogP contribution is 2.01. The van der Waals surface area contributed by atoms with Gasteiger partial charge >= 0.3 is 5.97 Å². The zero-order valence-electron chi connectivity index (χ0n) is 12.7. The van der Waals surface area contributed by atoms with E-state index in [1.54, 1.807) is 0 Å². The Bertz CT molecular complexity index is 220. The van der Waals surface area contributed by atoms with Crippen LogP contribution in [0.15, 0.2) is 0 Å². The Morgan fingerprint density at radius 3 is 2.44 bits per heavy atom. The molecule has 1 N–H and O–H groups in total. The van der Waals surface area contributed by atoms with Crippen LogP contribution in [0.3, 0.4) is 0 Å². The highest BCUT2D eigenvalue weighted by Gasteiger charge is 2.20. The molecular weight excluding hydrogens is 228 g/mol. The number of hydrogen-bond donors (Lipinski definition) is 1. The second-order valence-electron chi connectivity index (χ2n) is 5.07. The van der Waals surface area contributed by atoms with Gasteiger partial charge in [-0.25, -0.2) is 0 Å². The zero-order chi connectivity index (χ0) is 14.0. The number of nitrogens with one attached hydrogen (secondary N) is 1. The average molecular weight is 258 g/mol. The van der Waals surface area contributed by atoms with Crippen LogP contribution < -0.4 is 5.32 Å². The van der Waals surface area contributed by atoms with Crippen LogP contribution in [-0.4, -0.2) is 49.7 Å². The molecule has 0 aromatic carbocycles. The van der Waals surface area contributed by atoms with Crippen LogP contribution in [-0.2, 0) is 9.53 Å². The van der Waals surface area contributed by atoms with Crippen LogP contribution in [0.4, 0.5) is 0 Å². The summed E-state index contributed by atoms with van der Waals surface area (Å²) in [7, 11) is 2.10. The van der Waals surface area contributed by atoms with Gasteiger partial charge in [-0.15, -0.1) is 0 Å². The number of ether oxygens (including phenoxy) is 1. The van der Waals surface area contributed by atoms with Crippen LogP contribution in [0.5, 0.6) is 0 Å². The first kappa shape index (κ1) is 17.4. The van der Waals surface area contributed by atoms with Crippen molar-refractivity contribution >= 4 is 5.97 Å². The molecule has 18 heavy (non-hydrogen) atoms. The van der Waals surface area contributed by atoms with Gasteiger partial charge in [0.25, 0.3) is 0 Å². The SMILES string of the molecule is CCCCN(C)CCC(NC(C)C)C(=O)OCC. The minimum Gasteiger partial charge on any atom is -0.465 e. The lowest BCUT2D eigenvalue weighted by Crippen LogP contribution is -2.43. The van der Waals surface area contributed by atoms with E-state index < -0.39 is 0 Å². The van der Waals surface area contributed by atoms with Crippen molar-refractivity contribution in [2.75, 3.05) is 26.7 Å². The Hall–Kier alpha value is -0.610. The Labute approximate surface area is 112 Å². The molecular formula is C14H30N2O2. The minimum absolute atomic E-state index is 0.130. The van der Waals surface area contributed by atoms with E-state index in [2.05, 4.69) is 24.2 Å². The highest BCUT2D eigenvalue weighted by molar-refractivity contribution is 5.75. The Morgan fingerprint density at radius 2 is 1.94 bits per heavy atom. The average Bonchev–Trinajstić information content (AvgIpc) is 2.31. The molecule has 4 heteroatoms. The Kier molecular flexibility index (Phi) is 9.98. The quantitative estimate of drug-likeness (QED) is 0.609. The number of carbonyl (C=O) groups is 1. The molecule has 4 nitrogen and oxygen atoms in total. The van der Waals surface area contributed by atoms with E-state index in [0.29, 0.717) is 12.6 Å². The number of unbranched alkanes of at least 4 members (excludes halogenated alkanes) is 1. The molecule has 0 rings (SSSR count). The maximum atomic E-state index is 11.8. The maximum Gasteiger partial charge on any atom is 0.323 e. The first-order chi connectivity index (χ1) is 8.51. The number of carbonyl (C=O) groups excluding carboxylic acids is 1. The van der Waals surface area contributed by atoms with E-state index in [1.165, 1.54) is 12.8 Å². The fourth-order valence-electron chi connectivity index (χ4n) is 1.80. The van der Waals surface area contributed by atoms with Crippen molar-refractivity contribution < 1.29 is 9.53 Å². The lowest BCUT2D eigenvalue weighted by molar-refractivity contribution is -0.146. The largest absolute Gasteiger partial charge is 0.465 e. The molecule has 0 bridgehead atoms. The van der Waals surface area contributed by atoms with Gasteiger partial charge in [0.05, 0.1) is 6.61 Å². The van der Waals surface area contributed by atoms with Gasteiger partial charge in [0.1, 0.15) is 6.04 Å². The molecule has 108 valence electrons. The summed E-state index contributed by atoms with van der Waals surface area (Å²) in [4.78, 5) is 14.1. The van der Waals surface area contributed by atoms with Crippen molar-refractivity contribution in [3.63, 3.8) is 0 Å². The van der Waals surface area contributed by atoms with E-state index in [1.807, 2.05) is 20.8 Å². The van der Waals surface area contributed by atoms with Gasteiger partial charge in [-0.2, -0.15) is 0 Å². The topological polar surface area (TPSA) is 41.6 Å². The molecule has 0 amide bonds. The summed E-state index contributed by atoms with van der Waals surface area (Å²) in [5.74, 6) is -0.130. The molecule has 0 saturated carbocycles. The molecule has 0 heterocycles. The van der Waals surface area contributed by atoms with E-state index in [0.717, 1.165) is 19.5 Å². The van der Waals surface area contributed by atoms with Gasteiger partial charge in [0.15, 0.2) is 0 Å². The molecule has 0 aliphatic heterocycles. The first-order valence-corrected chi connectivity index (χ1v) is 7.12. The Morgan fingerprint density at radius 1 is 1.28 bits per heavy atom. The van der Waals surface area contributed by atoms with Crippen LogP contribution >= 0.6 is 0 Å². The highest BCUT2D eigenvalue weighted by atomic mass is 16.5. The number of hydrogen-bond acceptors (Lipinski definition) is 4. The fraction of sp³-hybridized carbons (Fsp3) is 0.929. The van der Waals surface area contributed by atoms with Gasteiger partial charge in [-0.1, -0.05) is 27.2 Å². The Balaban J connectivity index is 4.11. The smallest absolute Gasteiger partial charge is 0.323 e. The molecule has 0 spiro atoms. The summed E-state index contributed by atoms with van der Waals surface area (Å²) in [5.41, 5.74) is 0. The van der Waals surface area contributed by atoms with E-state index in [4.69, 9.17) is 4.74 Å². The van der Waals surface area contributed by atoms with E-state index in [9.17, 15) is 4.79 Å². The summed E-state index contributed by atoms with van der Waals surface area (Å²) in [6.45, 7) is 10.6. The van der Waals surface area contributed by atoms with E-state index >= 15 is 0 Å². The predicted molar refractivity (Wildman–Crippen MR) is 75.7 cm³/mol. The van der Waals surface area contributed by atoms with Crippen LogP contribution in [0.25, 0.3) is 0 Å². The lowest BCUT2D eigenvalue weighted by atomic mass is 10.1. The van der Waals surface area contributed by atoms with Crippen LogP contribution in [0, 0.1) is 0 Å². The molecule has 1 unspecified atom stereocenters. The van der Waals surface area contributed by atoms with Crippen molar-refractivity contribution in [3.05, 3.63) is 0 Å². The van der Waals surface area contributed by atoms with Crippen molar-refractivity contribution in [1.29, 1.82) is 0 Å². The van der Waals surface area contributed by atoms with E-state index in [-0.39, 0.29) is 12.0 Å². The van der Waals surface area contributed by atoms with Crippen LogP contribution in [0.2, 0.25) is 0 Å². The minimum atomic E-state index is -0.186. The third-order valence-electron chi connectivity index (χ3n) is 2.80. The van der Waals surface area contributed by atoms with Crippen molar-refractivity contribution in [2.24, 2.45) is 0 Å². The maximum absolute atomic E-state index is 11.8. The number of rotatable bonds is 10. The molecule has 0 aromatic heterocycles. The summed E-state index contributed by atoms with van der Waals surface area (Å²) < 4.78 is 5.10. The lowest BCUT2D eigenvalue weighted by Gasteiger charge is -2.23. The van der Waals surface area contributed by atoms with Gasteiger partial charge in [-0.05, 0) is 39.9 Å². The van der Waals surface area contributed by atoms with Gasteiger partial charge in [0, 0.05) is 6.04 Å². The summed E-state index contributed by atoms with van der Waals surface area (Å²) in [5, 5.41) is 3.27. The monoisotopic (exact) mass is 258 g/mol. The second-order valence-corrected chi connectivity index (χ2v) is 5.07. The normalized spacial score (nSPS) is 13.1. The molecule has 0 saturated heterocycles. The third kappa shape index (κ3) is 8.48. The van der Waals surface area contributed by atoms with Gasteiger partial charge in [0.2, 0.25) is 0 Å². The van der Waals surface area contributed by atoms with Crippen molar-refractivity contribution in [2.45, 2.75) is 59.0 Å². The fourth-order valence-corrected chi connectivity index (χ4v) is 1.80. The molecule has 0 radical (unpaired) electrons. The molecule has 0 fully saturated rings. The summed E-state index contributed by atoms with van der Waals surface area (Å²) >= 11 is 0. The number of nitrogens with zero attached hydrogens (tertiary/aromatic N) is 1. The van der Waals surface area contributed by atoms with Gasteiger partial charge < -0.3 is 15.0 Å². The summed E-state index contributed by atoms with van der Waals surface area (Å²) in [6.07, 6.45) is 3.21. The standard InChI is InChI=1S/C14H30N2O2/c1-6-8-10-16(5)11-9-13(15-12(3)4)14(17)18-7-2/h12-13,15H,6-11H2,1-5H3. The molecule has 0 aliphatic rings. The predicted octanol–water partition coefficient (Wildman–Crippen LogP) is 2.04. The number of esters is 1. The second kappa shape index (κ2) is 10.3. The first-order valence-electron chi connectivity index (χ1n) is 7.12. The summed E-state index contributed by atoms with van der Waals surface area (Å²) in [6, 6.07) is 0.106. The van der Waals surface area contributed by atoms with Crippen LogP contribution in [0.1, 0.15) is 47.0 Å². The molecule has 0 aliphatic carbocycles.